The third-order valence-corrected chi connectivity index (χ3v) is 3.25. The van der Waals surface area contributed by atoms with Crippen LogP contribution in [0.3, 0.4) is 0 Å². The summed E-state index contributed by atoms with van der Waals surface area (Å²) in [4.78, 5) is 12.1. The minimum absolute atomic E-state index is 0.0990. The molecule has 3 aromatic rings. The highest BCUT2D eigenvalue weighted by atomic mass is 16.3. The van der Waals surface area contributed by atoms with E-state index in [1.165, 1.54) is 6.26 Å². The Labute approximate surface area is 109 Å². The molecule has 5 heteroatoms. The summed E-state index contributed by atoms with van der Waals surface area (Å²) in [6, 6.07) is 11.1. The Balaban J connectivity index is 2.06. The molecule has 2 aromatic heterocycles. The predicted octanol–water partition coefficient (Wildman–Crippen LogP) is 1.52. The third-order valence-electron chi connectivity index (χ3n) is 3.25. The van der Waals surface area contributed by atoms with Gasteiger partial charge in [0.05, 0.1) is 13.3 Å². The van der Waals surface area contributed by atoms with E-state index in [1.807, 2.05) is 35.9 Å². The SMILES string of the molecule is C[n+]1c(N)n(CC(=O)c2ccco2)c2ccccc21. The van der Waals surface area contributed by atoms with Crippen molar-refractivity contribution >= 4 is 22.8 Å². The van der Waals surface area contributed by atoms with Gasteiger partial charge in [-0.05, 0) is 24.3 Å². The largest absolute Gasteiger partial charge is 0.461 e. The fourth-order valence-electron chi connectivity index (χ4n) is 2.23. The Morgan fingerprint density at radius 1 is 1.32 bits per heavy atom. The Morgan fingerprint density at radius 3 is 2.84 bits per heavy atom. The van der Waals surface area contributed by atoms with Crippen LogP contribution >= 0.6 is 0 Å². The molecule has 0 bridgehead atoms. The molecule has 5 nitrogen and oxygen atoms in total. The monoisotopic (exact) mass is 256 g/mol. The fourth-order valence-corrected chi connectivity index (χ4v) is 2.23. The van der Waals surface area contributed by atoms with Crippen molar-refractivity contribution in [2.24, 2.45) is 7.05 Å². The Morgan fingerprint density at radius 2 is 2.11 bits per heavy atom. The molecule has 96 valence electrons. The molecule has 0 atom stereocenters. The van der Waals surface area contributed by atoms with Crippen LogP contribution < -0.4 is 10.3 Å². The molecule has 0 aliphatic heterocycles. The van der Waals surface area contributed by atoms with Gasteiger partial charge in [0.15, 0.2) is 5.76 Å². The van der Waals surface area contributed by atoms with Gasteiger partial charge in [-0.15, -0.1) is 0 Å². The van der Waals surface area contributed by atoms with Gasteiger partial charge in [0.25, 0.3) is 0 Å². The maximum atomic E-state index is 12.1. The number of nitrogens with two attached hydrogens (primary N) is 1. The number of para-hydroxylation sites is 2. The number of Topliss-reactive ketones (excluding diaryl/α,β-unsaturated/α-hetero) is 1. The highest BCUT2D eigenvalue weighted by Crippen LogP contribution is 2.16. The van der Waals surface area contributed by atoms with Crippen molar-refractivity contribution in [3.05, 3.63) is 48.4 Å². The van der Waals surface area contributed by atoms with Crippen LogP contribution in [0.25, 0.3) is 11.0 Å². The molecule has 0 saturated carbocycles. The van der Waals surface area contributed by atoms with Crippen LogP contribution in [-0.2, 0) is 13.6 Å². The van der Waals surface area contributed by atoms with Gasteiger partial charge >= 0.3 is 5.95 Å². The van der Waals surface area contributed by atoms with Crippen LogP contribution in [0.4, 0.5) is 5.95 Å². The number of carbonyl (C=O) groups is 1. The second kappa shape index (κ2) is 4.28. The van der Waals surface area contributed by atoms with Crippen LogP contribution in [0.1, 0.15) is 10.6 Å². The third kappa shape index (κ3) is 1.79. The first-order valence-electron chi connectivity index (χ1n) is 5.98. The number of imidazole rings is 1. The second-order valence-corrected chi connectivity index (χ2v) is 4.39. The first-order valence-corrected chi connectivity index (χ1v) is 5.98. The average molecular weight is 256 g/mol. The van der Waals surface area contributed by atoms with Gasteiger partial charge in [0.1, 0.15) is 17.6 Å². The summed E-state index contributed by atoms with van der Waals surface area (Å²) < 4.78 is 8.77. The van der Waals surface area contributed by atoms with E-state index in [9.17, 15) is 4.79 Å². The highest BCUT2D eigenvalue weighted by molar-refractivity contribution is 5.94. The van der Waals surface area contributed by atoms with Gasteiger partial charge in [0.2, 0.25) is 5.78 Å². The Kier molecular flexibility index (Phi) is 2.59. The smallest absolute Gasteiger partial charge is 0.356 e. The van der Waals surface area contributed by atoms with E-state index in [0.717, 1.165) is 11.0 Å². The number of fused-ring (bicyclic) bond motifs is 1. The molecule has 19 heavy (non-hydrogen) atoms. The summed E-state index contributed by atoms with van der Waals surface area (Å²) in [6.07, 6.45) is 1.49. The molecule has 0 radical (unpaired) electrons. The van der Waals surface area contributed by atoms with Crippen molar-refractivity contribution in [1.29, 1.82) is 0 Å². The first kappa shape index (κ1) is 11.5. The van der Waals surface area contributed by atoms with Gasteiger partial charge < -0.3 is 4.42 Å². The van der Waals surface area contributed by atoms with Crippen LogP contribution in [0.2, 0.25) is 0 Å². The number of furan rings is 1. The molecule has 1 aromatic carbocycles. The maximum absolute atomic E-state index is 12.1. The second-order valence-electron chi connectivity index (χ2n) is 4.39. The van der Waals surface area contributed by atoms with Crippen molar-refractivity contribution in [2.75, 3.05) is 5.73 Å². The molecule has 0 fully saturated rings. The molecule has 2 N–H and O–H groups in total. The summed E-state index contributed by atoms with van der Waals surface area (Å²) in [7, 11) is 1.88. The number of aromatic nitrogens is 2. The minimum atomic E-state index is -0.0990. The van der Waals surface area contributed by atoms with Crippen molar-refractivity contribution in [2.45, 2.75) is 6.54 Å². The number of nitrogens with zero attached hydrogens (tertiary/aromatic N) is 2. The molecule has 2 heterocycles. The summed E-state index contributed by atoms with van der Waals surface area (Å²) in [5.74, 6) is 0.791. The van der Waals surface area contributed by atoms with Gasteiger partial charge in [-0.3, -0.25) is 10.5 Å². The number of rotatable bonds is 3. The molecule has 0 aliphatic rings. The lowest BCUT2D eigenvalue weighted by Gasteiger charge is -1.98. The first-order chi connectivity index (χ1) is 9.18. The number of carbonyl (C=O) groups excluding carboxylic acids is 1. The zero-order valence-electron chi connectivity index (χ0n) is 10.5. The quantitative estimate of drug-likeness (QED) is 0.571. The maximum Gasteiger partial charge on any atom is 0.356 e. The van der Waals surface area contributed by atoms with Crippen LogP contribution in [0.5, 0.6) is 0 Å². The van der Waals surface area contributed by atoms with E-state index in [0.29, 0.717) is 11.7 Å². The lowest BCUT2D eigenvalue weighted by molar-refractivity contribution is -0.630. The van der Waals surface area contributed by atoms with Crippen LogP contribution in [0, 0.1) is 0 Å². The summed E-state index contributed by atoms with van der Waals surface area (Å²) in [5, 5.41) is 0. The summed E-state index contributed by atoms with van der Waals surface area (Å²) in [6.45, 7) is 0.167. The Bertz CT molecular complexity index is 741. The van der Waals surface area contributed by atoms with E-state index < -0.39 is 0 Å². The number of hydrogen-bond acceptors (Lipinski definition) is 3. The van der Waals surface area contributed by atoms with E-state index in [-0.39, 0.29) is 12.3 Å². The number of benzene rings is 1. The molecule has 0 spiro atoms. The van der Waals surface area contributed by atoms with Crippen molar-refractivity contribution in [3.8, 4) is 0 Å². The van der Waals surface area contributed by atoms with Gasteiger partial charge in [-0.2, -0.15) is 0 Å². The molecule has 0 unspecified atom stereocenters. The molecule has 0 saturated heterocycles. The lowest BCUT2D eigenvalue weighted by Crippen LogP contribution is -2.31. The Hall–Kier alpha value is -2.56. The topological polar surface area (TPSA) is 65.0 Å². The number of aryl methyl sites for hydroxylation is 1. The van der Waals surface area contributed by atoms with E-state index in [1.54, 1.807) is 16.7 Å². The molecular weight excluding hydrogens is 242 g/mol. The molecule has 0 aliphatic carbocycles. The number of anilines is 1. The fraction of sp³-hybridized carbons (Fsp3) is 0.143. The van der Waals surface area contributed by atoms with Crippen molar-refractivity contribution in [1.82, 2.24) is 4.57 Å². The van der Waals surface area contributed by atoms with E-state index >= 15 is 0 Å². The average Bonchev–Trinajstić information content (AvgIpc) is 3.03. The number of nitrogen functional groups attached to an aromatic ring is 1. The molecule has 3 rings (SSSR count). The predicted molar refractivity (Wildman–Crippen MR) is 70.6 cm³/mol. The zero-order valence-corrected chi connectivity index (χ0v) is 10.5. The van der Waals surface area contributed by atoms with Crippen molar-refractivity contribution in [3.63, 3.8) is 0 Å². The number of hydrogen-bond donors (Lipinski definition) is 1. The molecular formula is C14H14N3O2+. The van der Waals surface area contributed by atoms with Crippen molar-refractivity contribution < 1.29 is 13.8 Å². The number of ketones is 1. The normalized spacial score (nSPS) is 11.0. The molecule has 0 amide bonds. The standard InChI is InChI=1S/C14H13N3O2/c1-16-10-5-2-3-6-11(10)17(14(16)15)9-12(18)13-7-4-8-19-13/h2-8,15H,9H2,1H3/p+1. The van der Waals surface area contributed by atoms with Crippen LogP contribution in [0.15, 0.2) is 47.1 Å². The minimum Gasteiger partial charge on any atom is -0.461 e. The van der Waals surface area contributed by atoms with E-state index in [2.05, 4.69) is 0 Å². The van der Waals surface area contributed by atoms with Gasteiger partial charge in [-0.1, -0.05) is 12.1 Å². The van der Waals surface area contributed by atoms with Gasteiger partial charge in [-0.25, -0.2) is 9.13 Å². The van der Waals surface area contributed by atoms with Crippen LogP contribution in [-0.4, -0.2) is 10.4 Å². The zero-order chi connectivity index (χ0) is 13.4. The van der Waals surface area contributed by atoms with Gasteiger partial charge in [0, 0.05) is 0 Å². The summed E-state index contributed by atoms with van der Waals surface area (Å²) in [5.41, 5.74) is 7.99. The lowest BCUT2D eigenvalue weighted by atomic mass is 10.3. The highest BCUT2D eigenvalue weighted by Gasteiger charge is 2.21. The summed E-state index contributed by atoms with van der Waals surface area (Å²) >= 11 is 0. The van der Waals surface area contributed by atoms with E-state index in [4.69, 9.17) is 10.2 Å².